The Hall–Kier alpha value is -2.86. The van der Waals surface area contributed by atoms with E-state index < -0.39 is 0 Å². The van der Waals surface area contributed by atoms with Crippen molar-refractivity contribution in [1.82, 2.24) is 9.97 Å². The summed E-state index contributed by atoms with van der Waals surface area (Å²) in [6, 6.07) is 18.4. The minimum Gasteiger partial charge on any atom is -0.352 e. The van der Waals surface area contributed by atoms with Gasteiger partial charge in [-0.3, -0.25) is 4.79 Å². The number of fused-ring (bicyclic) bond motifs is 1. The molecule has 5 nitrogen and oxygen atoms in total. The van der Waals surface area contributed by atoms with Gasteiger partial charge < -0.3 is 10.2 Å². The summed E-state index contributed by atoms with van der Waals surface area (Å²) >= 11 is 1.36. The molecule has 2 heterocycles. The summed E-state index contributed by atoms with van der Waals surface area (Å²) in [4.78, 5) is 23.6. The maximum atomic E-state index is 12.3. The SMILES string of the molecule is CCc1cccc(NC(=O)CSc2nccc(N3CCc4ccccc4C3)n2)c1. The molecule has 1 aromatic heterocycles. The first-order chi connectivity index (χ1) is 14.2. The lowest BCUT2D eigenvalue weighted by Gasteiger charge is -2.29. The van der Waals surface area contributed by atoms with Crippen LogP contribution in [0.2, 0.25) is 0 Å². The summed E-state index contributed by atoms with van der Waals surface area (Å²) in [6.07, 6.45) is 3.73. The van der Waals surface area contributed by atoms with Crippen LogP contribution in [0.5, 0.6) is 0 Å². The fraction of sp³-hybridized carbons (Fsp3) is 0.261. The number of amides is 1. The molecule has 29 heavy (non-hydrogen) atoms. The summed E-state index contributed by atoms with van der Waals surface area (Å²) in [6.45, 7) is 3.89. The molecule has 0 fully saturated rings. The number of hydrogen-bond donors (Lipinski definition) is 1. The van der Waals surface area contributed by atoms with Crippen LogP contribution in [0, 0.1) is 0 Å². The number of nitrogens with zero attached hydrogens (tertiary/aromatic N) is 3. The van der Waals surface area contributed by atoms with Crippen molar-refractivity contribution in [3.05, 3.63) is 77.5 Å². The van der Waals surface area contributed by atoms with Crippen LogP contribution in [0.3, 0.4) is 0 Å². The topological polar surface area (TPSA) is 58.1 Å². The van der Waals surface area contributed by atoms with Crippen LogP contribution in [0.25, 0.3) is 0 Å². The van der Waals surface area contributed by atoms with E-state index >= 15 is 0 Å². The zero-order chi connectivity index (χ0) is 20.1. The molecule has 0 unspecified atom stereocenters. The van der Waals surface area contributed by atoms with Crippen LogP contribution in [-0.4, -0.2) is 28.2 Å². The Bertz CT molecular complexity index is 1010. The van der Waals surface area contributed by atoms with Crippen LogP contribution >= 0.6 is 11.8 Å². The minimum absolute atomic E-state index is 0.0517. The smallest absolute Gasteiger partial charge is 0.234 e. The van der Waals surface area contributed by atoms with Crippen molar-refractivity contribution in [2.75, 3.05) is 22.5 Å². The first-order valence-electron chi connectivity index (χ1n) is 9.87. The number of benzene rings is 2. The van der Waals surface area contributed by atoms with Crippen molar-refractivity contribution < 1.29 is 4.79 Å². The highest BCUT2D eigenvalue weighted by atomic mass is 32.2. The number of nitrogens with one attached hydrogen (secondary N) is 1. The highest BCUT2D eigenvalue weighted by molar-refractivity contribution is 7.99. The molecule has 2 aromatic carbocycles. The van der Waals surface area contributed by atoms with E-state index in [1.54, 1.807) is 6.20 Å². The third-order valence-corrected chi connectivity index (χ3v) is 5.89. The molecule has 4 rings (SSSR count). The Kier molecular flexibility index (Phi) is 6.10. The van der Waals surface area contributed by atoms with Crippen LogP contribution in [0.1, 0.15) is 23.6 Å². The number of carbonyl (C=O) groups excluding carboxylic acids is 1. The maximum absolute atomic E-state index is 12.3. The number of anilines is 2. The van der Waals surface area contributed by atoms with Gasteiger partial charge in [0.2, 0.25) is 5.91 Å². The molecule has 0 radical (unpaired) electrons. The van der Waals surface area contributed by atoms with Crippen molar-refractivity contribution in [2.24, 2.45) is 0 Å². The van der Waals surface area contributed by atoms with Gasteiger partial charge >= 0.3 is 0 Å². The zero-order valence-corrected chi connectivity index (χ0v) is 17.3. The third kappa shape index (κ3) is 4.95. The number of aryl methyl sites for hydroxylation is 1. The Balaban J connectivity index is 1.36. The van der Waals surface area contributed by atoms with Crippen molar-refractivity contribution in [1.29, 1.82) is 0 Å². The molecule has 0 atom stereocenters. The average molecular weight is 405 g/mol. The first kappa shape index (κ1) is 19.5. The molecule has 3 aromatic rings. The van der Waals surface area contributed by atoms with Crippen molar-refractivity contribution >= 4 is 29.2 Å². The number of carbonyl (C=O) groups is 1. The van der Waals surface area contributed by atoms with Gasteiger partial charge in [-0.25, -0.2) is 9.97 Å². The van der Waals surface area contributed by atoms with Crippen molar-refractivity contribution in [3.63, 3.8) is 0 Å². The fourth-order valence-corrected chi connectivity index (χ4v) is 4.09. The van der Waals surface area contributed by atoms with Gasteiger partial charge in [-0.2, -0.15) is 0 Å². The van der Waals surface area contributed by atoms with E-state index in [2.05, 4.69) is 57.4 Å². The Morgan fingerprint density at radius 3 is 2.86 bits per heavy atom. The summed E-state index contributed by atoms with van der Waals surface area (Å²) < 4.78 is 0. The molecule has 0 bridgehead atoms. The van der Waals surface area contributed by atoms with Gasteiger partial charge in [0.25, 0.3) is 0 Å². The molecule has 1 N–H and O–H groups in total. The average Bonchev–Trinajstić information content (AvgIpc) is 2.77. The summed E-state index contributed by atoms with van der Waals surface area (Å²) in [7, 11) is 0. The first-order valence-corrected chi connectivity index (χ1v) is 10.9. The lowest BCUT2D eigenvalue weighted by Crippen LogP contribution is -2.31. The summed E-state index contributed by atoms with van der Waals surface area (Å²) in [5.74, 6) is 1.14. The third-order valence-electron chi connectivity index (χ3n) is 5.02. The largest absolute Gasteiger partial charge is 0.352 e. The Morgan fingerprint density at radius 1 is 1.14 bits per heavy atom. The quantitative estimate of drug-likeness (QED) is 0.489. The van der Waals surface area contributed by atoms with Crippen LogP contribution < -0.4 is 10.2 Å². The highest BCUT2D eigenvalue weighted by Crippen LogP contribution is 2.24. The molecule has 6 heteroatoms. The van der Waals surface area contributed by atoms with E-state index in [-0.39, 0.29) is 11.7 Å². The van der Waals surface area contributed by atoms with Gasteiger partial charge in [0, 0.05) is 25.0 Å². The lowest BCUT2D eigenvalue weighted by atomic mass is 10.00. The van der Waals surface area contributed by atoms with Crippen molar-refractivity contribution in [2.45, 2.75) is 31.5 Å². The second-order valence-electron chi connectivity index (χ2n) is 7.03. The molecule has 1 amide bonds. The van der Waals surface area contributed by atoms with Gasteiger partial charge in [0.15, 0.2) is 5.16 Å². The van der Waals surface area contributed by atoms with Crippen LogP contribution in [-0.2, 0) is 24.2 Å². The van der Waals surface area contributed by atoms with E-state index in [4.69, 9.17) is 0 Å². The van der Waals surface area contributed by atoms with E-state index in [9.17, 15) is 4.79 Å². The van der Waals surface area contributed by atoms with Crippen LogP contribution in [0.15, 0.2) is 66.0 Å². The molecule has 1 aliphatic rings. The molecule has 148 valence electrons. The van der Waals surface area contributed by atoms with Gasteiger partial charge in [0.1, 0.15) is 5.82 Å². The number of rotatable bonds is 6. The van der Waals surface area contributed by atoms with Gasteiger partial charge in [0.05, 0.1) is 5.75 Å². The Morgan fingerprint density at radius 2 is 2.00 bits per heavy atom. The number of hydrogen-bond acceptors (Lipinski definition) is 5. The van der Waals surface area contributed by atoms with Crippen molar-refractivity contribution in [3.8, 4) is 0 Å². The molecule has 0 spiro atoms. The van der Waals surface area contributed by atoms with Gasteiger partial charge in [-0.15, -0.1) is 0 Å². The Labute approximate surface area is 175 Å². The van der Waals surface area contributed by atoms with Crippen LogP contribution in [0.4, 0.5) is 11.5 Å². The van der Waals surface area contributed by atoms with E-state index in [0.717, 1.165) is 37.4 Å². The second-order valence-corrected chi connectivity index (χ2v) is 7.97. The molecular formula is C23H24N4OS. The summed E-state index contributed by atoms with van der Waals surface area (Å²) in [5, 5.41) is 3.57. The maximum Gasteiger partial charge on any atom is 0.234 e. The fourth-order valence-electron chi connectivity index (χ4n) is 3.46. The predicted octanol–water partition coefficient (Wildman–Crippen LogP) is 4.33. The number of thioether (sulfide) groups is 1. The lowest BCUT2D eigenvalue weighted by molar-refractivity contribution is -0.113. The molecule has 0 saturated heterocycles. The van der Waals surface area contributed by atoms with Gasteiger partial charge in [-0.05, 0) is 47.7 Å². The van der Waals surface area contributed by atoms with E-state index in [1.165, 1.54) is 28.5 Å². The zero-order valence-electron chi connectivity index (χ0n) is 16.5. The molecule has 0 saturated carbocycles. The normalized spacial score (nSPS) is 13.1. The molecular weight excluding hydrogens is 380 g/mol. The van der Waals surface area contributed by atoms with E-state index in [0.29, 0.717) is 5.16 Å². The van der Waals surface area contributed by atoms with Gasteiger partial charge in [-0.1, -0.05) is 55.1 Å². The highest BCUT2D eigenvalue weighted by Gasteiger charge is 2.17. The summed E-state index contributed by atoms with van der Waals surface area (Å²) in [5.41, 5.74) is 4.79. The minimum atomic E-state index is -0.0517. The second kappa shape index (κ2) is 9.09. The molecule has 1 aliphatic heterocycles. The standard InChI is InChI=1S/C23H24N4OS/c1-2-17-6-5-9-20(14-17)25-22(28)16-29-23-24-12-10-21(26-23)27-13-11-18-7-3-4-8-19(18)15-27/h3-10,12,14H,2,11,13,15-16H2,1H3,(H,25,28). The number of aromatic nitrogens is 2. The molecule has 0 aliphatic carbocycles. The predicted molar refractivity (Wildman–Crippen MR) is 118 cm³/mol. The van der Waals surface area contributed by atoms with E-state index in [1.807, 2.05) is 24.3 Å². The monoisotopic (exact) mass is 404 g/mol.